The summed E-state index contributed by atoms with van der Waals surface area (Å²) in [7, 11) is 1.53. The van der Waals surface area contributed by atoms with Crippen LogP contribution in [0.2, 0.25) is 0 Å². The number of carbonyl (C=O) groups excluding carboxylic acids is 2. The molecular weight excluding hydrogens is 325 g/mol. The van der Waals surface area contributed by atoms with Crippen LogP contribution in [-0.4, -0.2) is 23.9 Å². The molecule has 5 nitrogen and oxygen atoms in total. The first-order valence-electron chi connectivity index (χ1n) is 7.61. The Morgan fingerprint density at radius 3 is 2.24 bits per heavy atom. The van der Waals surface area contributed by atoms with Gasteiger partial charge in [-0.1, -0.05) is 12.1 Å². The van der Waals surface area contributed by atoms with E-state index in [9.17, 15) is 19.1 Å². The number of benzene rings is 2. The number of hydrogen-bond acceptors (Lipinski definition) is 4. The minimum Gasteiger partial charge on any atom is -0.503 e. The Hall–Kier alpha value is -3.15. The zero-order valence-electron chi connectivity index (χ0n) is 13.7. The van der Waals surface area contributed by atoms with Crippen LogP contribution >= 0.6 is 0 Å². The van der Waals surface area contributed by atoms with Gasteiger partial charge < -0.3 is 9.84 Å². The lowest BCUT2D eigenvalue weighted by molar-refractivity contribution is -0.117. The van der Waals surface area contributed by atoms with Crippen molar-refractivity contribution in [3.05, 3.63) is 71.2 Å². The van der Waals surface area contributed by atoms with Crippen molar-refractivity contribution in [2.75, 3.05) is 12.0 Å². The van der Waals surface area contributed by atoms with Gasteiger partial charge in [0.15, 0.2) is 11.5 Å². The second-order valence-electron chi connectivity index (χ2n) is 5.65. The SMILES string of the molecule is COc1ccc(N2C(=O)C(O)=C(C(C)=O)[C@@H]2c2ccc(F)cc2)cc1. The molecule has 1 aliphatic rings. The van der Waals surface area contributed by atoms with Crippen molar-refractivity contribution in [3.63, 3.8) is 0 Å². The number of anilines is 1. The molecule has 1 atom stereocenters. The van der Waals surface area contributed by atoms with E-state index in [2.05, 4.69) is 0 Å². The molecule has 3 rings (SSSR count). The average Bonchev–Trinajstić information content (AvgIpc) is 2.87. The fourth-order valence-corrected chi connectivity index (χ4v) is 2.93. The summed E-state index contributed by atoms with van der Waals surface area (Å²) in [5, 5.41) is 10.2. The highest BCUT2D eigenvalue weighted by atomic mass is 19.1. The van der Waals surface area contributed by atoms with E-state index in [1.807, 2.05) is 0 Å². The molecular formula is C19H16FNO4. The minimum absolute atomic E-state index is 0.00701. The fraction of sp³-hybridized carbons (Fsp3) is 0.158. The molecule has 0 aliphatic carbocycles. The van der Waals surface area contributed by atoms with Crippen molar-refractivity contribution in [2.45, 2.75) is 13.0 Å². The van der Waals surface area contributed by atoms with E-state index in [1.165, 1.54) is 43.2 Å². The number of aliphatic hydroxyl groups excluding tert-OH is 1. The van der Waals surface area contributed by atoms with Crippen LogP contribution in [0.15, 0.2) is 59.9 Å². The molecule has 0 saturated heterocycles. The first-order chi connectivity index (χ1) is 11.9. The van der Waals surface area contributed by atoms with Crippen LogP contribution in [-0.2, 0) is 9.59 Å². The topological polar surface area (TPSA) is 66.8 Å². The number of rotatable bonds is 4. The highest BCUT2D eigenvalue weighted by Gasteiger charge is 2.43. The number of aliphatic hydroxyl groups is 1. The zero-order valence-corrected chi connectivity index (χ0v) is 13.7. The van der Waals surface area contributed by atoms with E-state index in [-0.39, 0.29) is 5.57 Å². The van der Waals surface area contributed by atoms with Crippen molar-refractivity contribution in [2.24, 2.45) is 0 Å². The Balaban J connectivity index is 2.13. The Morgan fingerprint density at radius 1 is 1.12 bits per heavy atom. The molecule has 1 aliphatic heterocycles. The van der Waals surface area contributed by atoms with Crippen molar-refractivity contribution in [1.82, 2.24) is 0 Å². The smallest absolute Gasteiger partial charge is 0.294 e. The van der Waals surface area contributed by atoms with Crippen LogP contribution < -0.4 is 9.64 Å². The first-order valence-corrected chi connectivity index (χ1v) is 7.61. The van der Waals surface area contributed by atoms with Gasteiger partial charge in [0.05, 0.1) is 18.7 Å². The molecule has 0 fully saturated rings. The van der Waals surface area contributed by atoms with Gasteiger partial charge in [0.2, 0.25) is 0 Å². The lowest BCUT2D eigenvalue weighted by atomic mass is 9.96. The number of amides is 1. The molecule has 25 heavy (non-hydrogen) atoms. The van der Waals surface area contributed by atoms with Gasteiger partial charge in [-0.2, -0.15) is 0 Å². The summed E-state index contributed by atoms with van der Waals surface area (Å²) >= 11 is 0. The summed E-state index contributed by atoms with van der Waals surface area (Å²) in [4.78, 5) is 25.9. The largest absolute Gasteiger partial charge is 0.503 e. The predicted octanol–water partition coefficient (Wildman–Crippen LogP) is 3.32. The minimum atomic E-state index is -0.820. The summed E-state index contributed by atoms with van der Waals surface area (Å²) in [6.07, 6.45) is 0. The van der Waals surface area contributed by atoms with Gasteiger partial charge in [-0.05, 0) is 48.9 Å². The van der Waals surface area contributed by atoms with Gasteiger partial charge in [0.25, 0.3) is 5.91 Å². The normalized spacial score (nSPS) is 17.2. The number of halogens is 1. The molecule has 2 aromatic rings. The van der Waals surface area contributed by atoms with Gasteiger partial charge in [0.1, 0.15) is 11.6 Å². The maximum absolute atomic E-state index is 13.3. The third-order valence-corrected chi connectivity index (χ3v) is 4.12. The summed E-state index contributed by atoms with van der Waals surface area (Å²) in [5.41, 5.74) is 1.01. The summed E-state index contributed by atoms with van der Waals surface area (Å²) in [6, 6.07) is 11.3. The molecule has 128 valence electrons. The molecule has 0 unspecified atom stereocenters. The van der Waals surface area contributed by atoms with Crippen molar-refractivity contribution < 1.29 is 23.8 Å². The van der Waals surface area contributed by atoms with Gasteiger partial charge >= 0.3 is 0 Å². The quantitative estimate of drug-likeness (QED) is 0.926. The van der Waals surface area contributed by atoms with Gasteiger partial charge in [-0.25, -0.2) is 4.39 Å². The molecule has 0 saturated carbocycles. The number of nitrogens with zero attached hydrogens (tertiary/aromatic N) is 1. The number of Topliss-reactive ketones (excluding diaryl/α,β-unsaturated/α-hetero) is 1. The fourth-order valence-electron chi connectivity index (χ4n) is 2.93. The molecule has 1 amide bonds. The molecule has 0 aromatic heterocycles. The number of methoxy groups -OCH3 is 1. The molecule has 1 N–H and O–H groups in total. The molecule has 2 aromatic carbocycles. The molecule has 0 spiro atoms. The summed E-state index contributed by atoms with van der Waals surface area (Å²) in [6.45, 7) is 1.28. The number of carbonyl (C=O) groups is 2. The number of hydrogen-bond donors (Lipinski definition) is 1. The van der Waals surface area contributed by atoms with E-state index in [1.54, 1.807) is 24.3 Å². The number of ether oxygens (including phenoxy) is 1. The number of ketones is 1. The lowest BCUT2D eigenvalue weighted by Crippen LogP contribution is -2.30. The maximum atomic E-state index is 13.3. The van der Waals surface area contributed by atoms with Crippen molar-refractivity contribution >= 4 is 17.4 Å². The molecule has 6 heteroatoms. The highest BCUT2D eigenvalue weighted by Crippen LogP contribution is 2.41. The second-order valence-corrected chi connectivity index (χ2v) is 5.65. The van der Waals surface area contributed by atoms with Crippen LogP contribution in [0.1, 0.15) is 18.5 Å². The summed E-state index contributed by atoms with van der Waals surface area (Å²) < 4.78 is 18.4. The van der Waals surface area contributed by atoms with Gasteiger partial charge in [0, 0.05) is 5.69 Å². The Bertz CT molecular complexity index is 856. The van der Waals surface area contributed by atoms with Gasteiger partial charge in [-0.3, -0.25) is 14.5 Å². The molecule has 1 heterocycles. The highest BCUT2D eigenvalue weighted by molar-refractivity contribution is 6.16. The van der Waals surface area contributed by atoms with E-state index in [0.717, 1.165) is 0 Å². The molecule has 0 radical (unpaired) electrons. The van der Waals surface area contributed by atoms with Crippen LogP contribution in [0.5, 0.6) is 5.75 Å². The van der Waals surface area contributed by atoms with Crippen LogP contribution in [0.25, 0.3) is 0 Å². The Labute approximate surface area is 144 Å². The molecule has 0 bridgehead atoms. The van der Waals surface area contributed by atoms with Crippen molar-refractivity contribution in [3.8, 4) is 5.75 Å². The van der Waals surface area contributed by atoms with Crippen LogP contribution in [0.3, 0.4) is 0 Å². The van der Waals surface area contributed by atoms with Crippen molar-refractivity contribution in [1.29, 1.82) is 0 Å². The second kappa shape index (κ2) is 6.39. The monoisotopic (exact) mass is 341 g/mol. The van der Waals surface area contributed by atoms with E-state index in [0.29, 0.717) is 17.0 Å². The van der Waals surface area contributed by atoms with E-state index < -0.39 is 29.3 Å². The van der Waals surface area contributed by atoms with Crippen LogP contribution in [0, 0.1) is 5.82 Å². The third-order valence-electron chi connectivity index (χ3n) is 4.12. The lowest BCUT2D eigenvalue weighted by Gasteiger charge is -2.26. The van der Waals surface area contributed by atoms with E-state index in [4.69, 9.17) is 4.74 Å². The zero-order chi connectivity index (χ0) is 18.1. The average molecular weight is 341 g/mol. The van der Waals surface area contributed by atoms with E-state index >= 15 is 0 Å². The van der Waals surface area contributed by atoms with Gasteiger partial charge in [-0.15, -0.1) is 0 Å². The Morgan fingerprint density at radius 2 is 1.72 bits per heavy atom. The maximum Gasteiger partial charge on any atom is 0.294 e. The third kappa shape index (κ3) is 2.87. The predicted molar refractivity (Wildman–Crippen MR) is 90.0 cm³/mol. The summed E-state index contributed by atoms with van der Waals surface area (Å²) in [5.74, 6) is -1.50. The Kier molecular flexibility index (Phi) is 4.27. The van der Waals surface area contributed by atoms with Crippen LogP contribution in [0.4, 0.5) is 10.1 Å². The first kappa shape index (κ1) is 16.7. The standard InChI is InChI=1S/C19H16FNO4/c1-11(22)16-17(12-3-5-13(20)6-4-12)21(19(24)18(16)23)14-7-9-15(25-2)10-8-14/h3-10,17,23H,1-2H3/t17-/m0/s1.